The van der Waals surface area contributed by atoms with Crippen molar-refractivity contribution in [2.75, 3.05) is 5.32 Å². The summed E-state index contributed by atoms with van der Waals surface area (Å²) in [6, 6.07) is 8.14. The van der Waals surface area contributed by atoms with Crippen LogP contribution in [0.2, 0.25) is 0 Å². The summed E-state index contributed by atoms with van der Waals surface area (Å²) in [6.07, 6.45) is -6.33. The molecule has 2 atom stereocenters. The van der Waals surface area contributed by atoms with Crippen molar-refractivity contribution >= 4 is 23.2 Å². The number of rotatable bonds is 1. The average molecular weight is 418 g/mol. The van der Waals surface area contributed by atoms with Gasteiger partial charge in [-0.25, -0.2) is 4.99 Å². The molecule has 0 radical (unpaired) electrons. The molecule has 0 spiro atoms. The summed E-state index contributed by atoms with van der Waals surface area (Å²) in [5, 5.41) is 12.6. The average Bonchev–Trinajstić information content (AvgIpc) is 2.66. The molecule has 2 aliphatic rings. The molecule has 0 saturated carbocycles. The Kier molecular flexibility index (Phi) is 4.85. The van der Waals surface area contributed by atoms with Crippen molar-refractivity contribution in [3.8, 4) is 5.75 Å². The molecule has 2 heterocycles. The first-order valence-corrected chi connectivity index (χ1v) is 9.20. The third kappa shape index (κ3) is 3.68. The summed E-state index contributed by atoms with van der Waals surface area (Å²) in [5.74, 6) is -1.03. The van der Waals surface area contributed by atoms with Crippen LogP contribution in [0.5, 0.6) is 5.75 Å². The lowest BCUT2D eigenvalue weighted by atomic mass is 9.88. The number of aliphatic hydroxyl groups excluding tert-OH is 1. The van der Waals surface area contributed by atoms with E-state index in [1.807, 2.05) is 0 Å². The van der Waals surface area contributed by atoms with E-state index in [2.05, 4.69) is 10.3 Å². The Labute approximate surface area is 169 Å². The Balaban J connectivity index is 1.80. The van der Waals surface area contributed by atoms with Crippen LogP contribution < -0.4 is 10.1 Å². The molecule has 2 aliphatic heterocycles. The Morgan fingerprint density at radius 3 is 2.70 bits per heavy atom. The molecule has 2 amide bonds. The van der Waals surface area contributed by atoms with E-state index in [1.165, 1.54) is 13.0 Å². The number of anilines is 1. The number of hydrogen-bond donors (Lipinski definition) is 2. The second-order valence-electron chi connectivity index (χ2n) is 7.18. The predicted octanol–water partition coefficient (Wildman–Crippen LogP) is 3.42. The highest BCUT2D eigenvalue weighted by Crippen LogP contribution is 2.41. The second kappa shape index (κ2) is 7.24. The molecule has 2 aromatic rings. The molecule has 2 unspecified atom stereocenters. The number of nitrogens with zero attached hydrogens (tertiary/aromatic N) is 1. The summed E-state index contributed by atoms with van der Waals surface area (Å²) in [5.41, 5.74) is 1.51. The van der Waals surface area contributed by atoms with Gasteiger partial charge >= 0.3 is 6.18 Å². The van der Waals surface area contributed by atoms with Crippen LogP contribution in [-0.4, -0.2) is 28.7 Å². The minimum atomic E-state index is -4.55. The van der Waals surface area contributed by atoms with Crippen LogP contribution in [0, 0.1) is 0 Å². The predicted molar refractivity (Wildman–Crippen MR) is 101 cm³/mol. The van der Waals surface area contributed by atoms with Gasteiger partial charge in [0.05, 0.1) is 11.3 Å². The molecule has 0 bridgehead atoms. The van der Waals surface area contributed by atoms with Gasteiger partial charge in [-0.3, -0.25) is 9.59 Å². The third-order valence-electron chi connectivity index (χ3n) is 5.08. The zero-order chi connectivity index (χ0) is 21.6. The summed E-state index contributed by atoms with van der Waals surface area (Å²) < 4.78 is 45.5. The SMILES string of the molecule is CC(=O)N=C1CC(c2cccc3c2CC(O)C(=O)N3)Oc2cc(C(F)(F)F)ccc21. The topological polar surface area (TPSA) is 88.0 Å². The first-order chi connectivity index (χ1) is 14.1. The standard InChI is InChI=1S/C21H17F3N2O4/c1-10(27)25-16-9-19(30-18-7-11(21(22,23)24)5-6-13(16)18)12-3-2-4-15-14(12)8-17(28)20(29)26-15/h2-7,17,19,28H,8-9H2,1H3,(H,26,29). The van der Waals surface area contributed by atoms with Gasteiger partial charge in [0.25, 0.3) is 5.91 Å². The molecule has 0 saturated heterocycles. The van der Waals surface area contributed by atoms with Gasteiger partial charge < -0.3 is 15.2 Å². The largest absolute Gasteiger partial charge is 0.485 e. The fraction of sp³-hybridized carbons (Fsp3) is 0.286. The van der Waals surface area contributed by atoms with Crippen LogP contribution in [0.3, 0.4) is 0 Å². The summed E-state index contributed by atoms with van der Waals surface area (Å²) in [6.45, 7) is 1.26. The molecule has 2 aromatic carbocycles. The lowest BCUT2D eigenvalue weighted by Gasteiger charge is -2.31. The van der Waals surface area contributed by atoms with Crippen LogP contribution in [0.4, 0.5) is 18.9 Å². The van der Waals surface area contributed by atoms with Crippen molar-refractivity contribution in [2.45, 2.75) is 38.1 Å². The lowest BCUT2D eigenvalue weighted by Crippen LogP contribution is -2.35. The van der Waals surface area contributed by atoms with Gasteiger partial charge in [-0.1, -0.05) is 12.1 Å². The highest BCUT2D eigenvalue weighted by molar-refractivity contribution is 6.09. The van der Waals surface area contributed by atoms with E-state index >= 15 is 0 Å². The Morgan fingerprint density at radius 1 is 1.23 bits per heavy atom. The normalized spacial score (nSPS) is 22.0. The fourth-order valence-electron chi connectivity index (χ4n) is 3.74. The maximum atomic E-state index is 13.2. The monoisotopic (exact) mass is 418 g/mol. The molecule has 6 nitrogen and oxygen atoms in total. The van der Waals surface area contributed by atoms with Crippen molar-refractivity contribution in [1.29, 1.82) is 0 Å². The van der Waals surface area contributed by atoms with Gasteiger partial charge in [0.1, 0.15) is 18.0 Å². The smallest absolute Gasteiger partial charge is 0.416 e. The van der Waals surface area contributed by atoms with Gasteiger partial charge in [0, 0.05) is 31.0 Å². The number of carbonyl (C=O) groups excluding carboxylic acids is 2. The molecule has 0 aliphatic carbocycles. The van der Waals surface area contributed by atoms with E-state index < -0.39 is 35.8 Å². The molecule has 4 rings (SSSR count). The quantitative estimate of drug-likeness (QED) is 0.743. The van der Waals surface area contributed by atoms with Gasteiger partial charge in [-0.2, -0.15) is 13.2 Å². The molecular formula is C21H17F3N2O4. The van der Waals surface area contributed by atoms with Crippen LogP contribution >= 0.6 is 0 Å². The maximum absolute atomic E-state index is 13.2. The molecular weight excluding hydrogens is 401 g/mol. The second-order valence-corrected chi connectivity index (χ2v) is 7.18. The molecule has 9 heteroatoms. The van der Waals surface area contributed by atoms with E-state index in [0.29, 0.717) is 28.1 Å². The number of fused-ring (bicyclic) bond motifs is 2. The zero-order valence-electron chi connectivity index (χ0n) is 15.8. The van der Waals surface area contributed by atoms with E-state index in [-0.39, 0.29) is 18.6 Å². The van der Waals surface area contributed by atoms with Gasteiger partial charge in [0.15, 0.2) is 0 Å². The number of carbonyl (C=O) groups is 2. The molecule has 0 aromatic heterocycles. The van der Waals surface area contributed by atoms with Crippen LogP contribution in [0.1, 0.15) is 41.7 Å². The van der Waals surface area contributed by atoms with Crippen LogP contribution in [0.15, 0.2) is 41.4 Å². The number of alkyl halides is 3. The summed E-state index contributed by atoms with van der Waals surface area (Å²) >= 11 is 0. The fourth-order valence-corrected chi connectivity index (χ4v) is 3.74. The number of nitrogens with one attached hydrogen (secondary N) is 1. The van der Waals surface area contributed by atoms with Gasteiger partial charge in [0.2, 0.25) is 5.91 Å². The minimum Gasteiger partial charge on any atom is -0.485 e. The van der Waals surface area contributed by atoms with Crippen molar-refractivity contribution < 1.29 is 32.6 Å². The highest BCUT2D eigenvalue weighted by Gasteiger charge is 2.35. The zero-order valence-corrected chi connectivity index (χ0v) is 15.8. The summed E-state index contributed by atoms with van der Waals surface area (Å²) in [4.78, 5) is 27.4. The number of benzene rings is 2. The third-order valence-corrected chi connectivity index (χ3v) is 5.08. The van der Waals surface area contributed by atoms with Gasteiger partial charge in [-0.15, -0.1) is 0 Å². The number of amides is 2. The number of halogens is 3. The number of aliphatic imine (C=N–C) groups is 1. The summed E-state index contributed by atoms with van der Waals surface area (Å²) in [7, 11) is 0. The first-order valence-electron chi connectivity index (χ1n) is 9.20. The van der Waals surface area contributed by atoms with E-state index in [0.717, 1.165) is 12.1 Å². The van der Waals surface area contributed by atoms with E-state index in [4.69, 9.17) is 4.74 Å². The van der Waals surface area contributed by atoms with E-state index in [9.17, 15) is 27.9 Å². The molecule has 0 fully saturated rings. The molecule has 2 N–H and O–H groups in total. The highest BCUT2D eigenvalue weighted by atomic mass is 19.4. The van der Waals surface area contributed by atoms with E-state index in [1.54, 1.807) is 18.2 Å². The Bertz CT molecular complexity index is 1080. The van der Waals surface area contributed by atoms with Crippen molar-refractivity contribution in [3.05, 3.63) is 58.7 Å². The molecule has 156 valence electrons. The Morgan fingerprint density at radius 2 is 2.00 bits per heavy atom. The number of hydrogen-bond acceptors (Lipinski definition) is 4. The Hall–Kier alpha value is -3.20. The van der Waals surface area contributed by atoms with Crippen LogP contribution in [-0.2, 0) is 22.2 Å². The minimum absolute atomic E-state index is 0.0286. The van der Waals surface area contributed by atoms with Crippen molar-refractivity contribution in [2.24, 2.45) is 4.99 Å². The van der Waals surface area contributed by atoms with Crippen LogP contribution in [0.25, 0.3) is 0 Å². The van der Waals surface area contributed by atoms with Gasteiger partial charge in [-0.05, 0) is 35.4 Å². The molecule has 30 heavy (non-hydrogen) atoms. The maximum Gasteiger partial charge on any atom is 0.416 e. The van der Waals surface area contributed by atoms with Crippen molar-refractivity contribution in [1.82, 2.24) is 0 Å². The number of aliphatic hydroxyl groups is 1. The first kappa shape index (κ1) is 20.1. The lowest BCUT2D eigenvalue weighted by molar-refractivity contribution is -0.137. The van der Waals surface area contributed by atoms with Crippen molar-refractivity contribution in [3.63, 3.8) is 0 Å². The number of ether oxygens (including phenoxy) is 1.